The molecule has 0 bridgehead atoms. The van der Waals surface area contributed by atoms with Crippen molar-refractivity contribution in [1.29, 1.82) is 0 Å². The van der Waals surface area contributed by atoms with Crippen LogP contribution in [0.5, 0.6) is 11.5 Å². The van der Waals surface area contributed by atoms with Gasteiger partial charge in [0.1, 0.15) is 11.5 Å². The molecule has 0 aromatic heterocycles. The van der Waals surface area contributed by atoms with Crippen LogP contribution in [0.1, 0.15) is 11.1 Å². The number of benzene rings is 8. The van der Waals surface area contributed by atoms with Gasteiger partial charge in [-0.25, -0.2) is 0 Å². The molecule has 8 rings (SSSR count). The molecule has 254 valence electrons. The third-order valence-corrected chi connectivity index (χ3v) is 19.3. The zero-order valence-corrected chi connectivity index (χ0v) is 31.8. The minimum Gasteiger partial charge on any atom is -0.507 e. The Morgan fingerprint density at radius 3 is 0.942 bits per heavy atom. The predicted octanol–water partition coefficient (Wildman–Crippen LogP) is 10.3. The highest BCUT2D eigenvalue weighted by Crippen LogP contribution is 2.55. The highest BCUT2D eigenvalue weighted by Gasteiger charge is 2.30. The third-order valence-electron chi connectivity index (χ3n) is 9.93. The summed E-state index contributed by atoms with van der Waals surface area (Å²) in [5, 5.41) is 33.2. The molecule has 0 heterocycles. The minimum absolute atomic E-state index is 0.142. The fourth-order valence-corrected chi connectivity index (χ4v) is 15.0. The fraction of sp³-hybridized carbons (Fsp3) is 0.0435. The number of phenols is 2. The second-order valence-corrected chi connectivity index (χ2v) is 22.5. The van der Waals surface area contributed by atoms with Crippen molar-refractivity contribution in [2.24, 2.45) is 0 Å². The second kappa shape index (κ2) is 14.3. The van der Waals surface area contributed by atoms with E-state index in [1.165, 1.54) is 0 Å². The highest BCUT2D eigenvalue weighted by atomic mass is 32.4. The topological polar surface area (TPSA) is 40.5 Å². The molecule has 0 aliphatic carbocycles. The van der Waals surface area contributed by atoms with Gasteiger partial charge in [-0.2, -0.15) is 0 Å². The van der Waals surface area contributed by atoms with Crippen molar-refractivity contribution < 1.29 is 10.2 Å². The van der Waals surface area contributed by atoms with Gasteiger partial charge >= 0.3 is 0 Å². The zero-order chi connectivity index (χ0) is 35.7. The van der Waals surface area contributed by atoms with E-state index in [-0.39, 0.29) is 11.5 Å². The van der Waals surface area contributed by atoms with Gasteiger partial charge in [0.25, 0.3) is 0 Å². The number of rotatable bonds is 9. The molecule has 0 aliphatic heterocycles. The number of aromatic hydroxyl groups is 2. The van der Waals surface area contributed by atoms with Crippen LogP contribution in [0.4, 0.5) is 0 Å². The van der Waals surface area contributed by atoms with E-state index < -0.39 is 12.1 Å². The van der Waals surface area contributed by atoms with Gasteiger partial charge in [-0.15, -0.1) is 0 Å². The monoisotopic (exact) mass is 746 g/mol. The quantitative estimate of drug-likeness (QED) is 0.144. The standard InChI is InChI=1S/C46H36O2P2S2/c47-45-35(31-49(51,37-19-5-1-6-20-37)38-21-7-2-8-22-38)29-33-17-13-15-27-41(33)43(45)44-42-28-16-14-18-34(42)30-36(46(44)48)32-50(52,39-23-9-3-10-24-39)40-25-11-4-12-26-40/h1-30,47-48H,31-32H2. The summed E-state index contributed by atoms with van der Waals surface area (Å²) >= 11 is 13.4. The highest BCUT2D eigenvalue weighted by molar-refractivity contribution is 8.21. The Labute approximate surface area is 315 Å². The summed E-state index contributed by atoms with van der Waals surface area (Å²) in [7, 11) is 0. The van der Waals surface area contributed by atoms with Crippen LogP contribution < -0.4 is 21.2 Å². The van der Waals surface area contributed by atoms with Gasteiger partial charge in [-0.1, -0.05) is 193 Å². The Morgan fingerprint density at radius 1 is 0.365 bits per heavy atom. The molecule has 0 saturated heterocycles. The molecule has 2 nitrogen and oxygen atoms in total. The number of fused-ring (bicyclic) bond motifs is 2. The molecule has 0 amide bonds. The van der Waals surface area contributed by atoms with Crippen LogP contribution in [0.25, 0.3) is 32.7 Å². The average Bonchev–Trinajstić information content (AvgIpc) is 3.20. The summed E-state index contributed by atoms with van der Waals surface area (Å²) in [5.41, 5.74) is 2.74. The first kappa shape index (κ1) is 34.3. The lowest BCUT2D eigenvalue weighted by Gasteiger charge is -2.27. The normalized spacial score (nSPS) is 11.9. The molecule has 0 unspecified atom stereocenters. The predicted molar refractivity (Wildman–Crippen MR) is 231 cm³/mol. The van der Waals surface area contributed by atoms with Gasteiger partial charge in [0.15, 0.2) is 0 Å². The van der Waals surface area contributed by atoms with Gasteiger partial charge < -0.3 is 10.2 Å². The van der Waals surface area contributed by atoms with E-state index in [4.69, 9.17) is 23.6 Å². The van der Waals surface area contributed by atoms with Crippen molar-refractivity contribution in [2.75, 3.05) is 0 Å². The maximum absolute atomic E-state index is 12.6. The number of hydrogen-bond donors (Lipinski definition) is 2. The fourth-order valence-electron chi connectivity index (χ4n) is 7.35. The molecule has 8 aromatic rings. The lowest BCUT2D eigenvalue weighted by atomic mass is 9.89. The Bertz CT molecular complexity index is 2370. The summed E-state index contributed by atoms with van der Waals surface area (Å²) in [5.74, 6) is 0.283. The summed E-state index contributed by atoms with van der Waals surface area (Å²) < 4.78 is 0. The van der Waals surface area contributed by atoms with Crippen molar-refractivity contribution in [2.45, 2.75) is 12.3 Å². The number of phenolic OH excluding ortho intramolecular Hbond substituents is 2. The van der Waals surface area contributed by atoms with E-state index in [1.807, 2.05) is 109 Å². The molecule has 2 N–H and O–H groups in total. The van der Waals surface area contributed by atoms with E-state index in [2.05, 4.69) is 72.8 Å². The molecular formula is C46H36O2P2S2. The smallest absolute Gasteiger partial charge is 0.127 e. The molecule has 52 heavy (non-hydrogen) atoms. The summed E-state index contributed by atoms with van der Waals surface area (Å²) in [6, 6.07) is 56.7. The molecule has 0 aliphatic rings. The zero-order valence-electron chi connectivity index (χ0n) is 28.3. The van der Waals surface area contributed by atoms with Crippen LogP contribution in [0.2, 0.25) is 0 Å². The lowest BCUT2D eigenvalue weighted by Crippen LogP contribution is -2.17. The van der Waals surface area contributed by atoms with E-state index in [1.54, 1.807) is 0 Å². The second-order valence-electron chi connectivity index (χ2n) is 13.1. The lowest BCUT2D eigenvalue weighted by molar-refractivity contribution is 0.465. The van der Waals surface area contributed by atoms with Crippen molar-refractivity contribution in [1.82, 2.24) is 0 Å². The Morgan fingerprint density at radius 2 is 0.635 bits per heavy atom. The Hall–Kier alpha value is -4.82. The third kappa shape index (κ3) is 6.21. The van der Waals surface area contributed by atoms with E-state index in [9.17, 15) is 10.2 Å². The molecule has 0 atom stereocenters. The van der Waals surface area contributed by atoms with Crippen LogP contribution in [-0.2, 0) is 35.9 Å². The van der Waals surface area contributed by atoms with Crippen LogP contribution >= 0.6 is 12.1 Å². The minimum atomic E-state index is -2.43. The van der Waals surface area contributed by atoms with E-state index in [0.717, 1.165) is 53.9 Å². The SMILES string of the molecule is Oc1c(CP(=S)(c2ccccc2)c2ccccc2)cc2ccccc2c1-c1c(O)c(CP(=S)(c2ccccc2)c2ccccc2)cc2ccccc12. The van der Waals surface area contributed by atoms with Crippen LogP contribution in [0.15, 0.2) is 182 Å². The Kier molecular flexibility index (Phi) is 9.43. The molecule has 0 fully saturated rings. The van der Waals surface area contributed by atoms with Crippen LogP contribution in [-0.4, -0.2) is 10.2 Å². The van der Waals surface area contributed by atoms with E-state index >= 15 is 0 Å². The van der Waals surface area contributed by atoms with Crippen LogP contribution in [0.3, 0.4) is 0 Å². The van der Waals surface area contributed by atoms with Gasteiger partial charge in [0, 0.05) is 46.7 Å². The van der Waals surface area contributed by atoms with E-state index in [0.29, 0.717) is 23.5 Å². The maximum atomic E-state index is 12.6. The Balaban J connectivity index is 1.37. The maximum Gasteiger partial charge on any atom is 0.127 e. The molecule has 0 spiro atoms. The largest absolute Gasteiger partial charge is 0.507 e. The first-order valence-corrected chi connectivity index (χ1v) is 23.2. The first-order chi connectivity index (χ1) is 25.4. The van der Waals surface area contributed by atoms with Crippen LogP contribution in [0, 0.1) is 0 Å². The van der Waals surface area contributed by atoms with Gasteiger partial charge in [0.2, 0.25) is 0 Å². The van der Waals surface area contributed by atoms with Gasteiger partial charge in [-0.05, 0) is 54.9 Å². The molecule has 6 heteroatoms. The van der Waals surface area contributed by atoms with Crippen molar-refractivity contribution in [3.63, 3.8) is 0 Å². The van der Waals surface area contributed by atoms with Gasteiger partial charge in [0.05, 0.1) is 0 Å². The summed E-state index contributed by atoms with van der Waals surface area (Å²) in [4.78, 5) is 0. The summed E-state index contributed by atoms with van der Waals surface area (Å²) in [6.45, 7) is 0. The average molecular weight is 747 g/mol. The van der Waals surface area contributed by atoms with Crippen molar-refractivity contribution in [3.05, 3.63) is 193 Å². The summed E-state index contributed by atoms with van der Waals surface area (Å²) in [6.07, 6.45) is 0.947. The van der Waals surface area contributed by atoms with Crippen molar-refractivity contribution >= 4 is 78.5 Å². The van der Waals surface area contributed by atoms with Gasteiger partial charge in [-0.3, -0.25) is 0 Å². The first-order valence-electron chi connectivity index (χ1n) is 17.2. The molecule has 0 radical (unpaired) electrons. The van der Waals surface area contributed by atoms with Crippen molar-refractivity contribution in [3.8, 4) is 22.6 Å². The molecule has 0 saturated carbocycles. The number of hydrogen-bond acceptors (Lipinski definition) is 4. The molecular weight excluding hydrogens is 711 g/mol. The molecule has 8 aromatic carbocycles.